The zero-order valence-corrected chi connectivity index (χ0v) is 13.0. The highest BCUT2D eigenvalue weighted by atomic mass is 16.3. The fraction of sp³-hybridized carbons (Fsp3) is 0.647. The summed E-state index contributed by atoms with van der Waals surface area (Å²) in [6.07, 6.45) is 3.12. The minimum atomic E-state index is -0.166. The summed E-state index contributed by atoms with van der Waals surface area (Å²) in [4.78, 5) is 2.43. The van der Waals surface area contributed by atoms with Gasteiger partial charge < -0.3 is 15.3 Å². The van der Waals surface area contributed by atoms with Gasteiger partial charge in [-0.2, -0.15) is 0 Å². The molecule has 1 heterocycles. The van der Waals surface area contributed by atoms with E-state index in [1.807, 2.05) is 14.0 Å². The van der Waals surface area contributed by atoms with Crippen LogP contribution < -0.4 is 10.2 Å². The van der Waals surface area contributed by atoms with Crippen LogP contribution in [-0.4, -0.2) is 31.3 Å². The summed E-state index contributed by atoms with van der Waals surface area (Å²) in [5.74, 6) is 0.472. The standard InChI is InChI=1S/C17H28N2O/c1-4-17(18-3)15-5-7-16(8-6-15)19-11-9-14(10-12-19)13(2)20/h5-8,13-14,17-18,20H,4,9-12H2,1-3H3. The Hall–Kier alpha value is -1.06. The van der Waals surface area contributed by atoms with Crippen molar-refractivity contribution in [3.63, 3.8) is 0 Å². The first kappa shape index (κ1) is 15.3. The largest absolute Gasteiger partial charge is 0.393 e. The zero-order chi connectivity index (χ0) is 14.5. The van der Waals surface area contributed by atoms with Gasteiger partial charge in [-0.05, 0) is 56.8 Å². The number of rotatable bonds is 5. The Kier molecular flexibility index (Phi) is 5.44. The van der Waals surface area contributed by atoms with Crippen LogP contribution in [0.25, 0.3) is 0 Å². The summed E-state index contributed by atoms with van der Waals surface area (Å²) in [5, 5.41) is 13.0. The van der Waals surface area contributed by atoms with Crippen molar-refractivity contribution in [2.45, 2.75) is 45.3 Å². The van der Waals surface area contributed by atoms with Gasteiger partial charge in [0.1, 0.15) is 0 Å². The van der Waals surface area contributed by atoms with E-state index in [4.69, 9.17) is 0 Å². The second-order valence-corrected chi connectivity index (χ2v) is 5.91. The van der Waals surface area contributed by atoms with Gasteiger partial charge >= 0.3 is 0 Å². The van der Waals surface area contributed by atoms with E-state index in [9.17, 15) is 5.11 Å². The molecule has 0 aliphatic carbocycles. The Balaban J connectivity index is 1.97. The van der Waals surface area contributed by atoms with Crippen LogP contribution in [0.5, 0.6) is 0 Å². The Labute approximate surface area is 123 Å². The SMILES string of the molecule is CCC(NC)c1ccc(N2CCC(C(C)O)CC2)cc1. The highest BCUT2D eigenvalue weighted by molar-refractivity contribution is 5.48. The Morgan fingerprint density at radius 2 is 1.85 bits per heavy atom. The quantitative estimate of drug-likeness (QED) is 0.868. The van der Waals surface area contributed by atoms with Crippen LogP contribution in [0.3, 0.4) is 0 Å². The Bertz CT molecular complexity index is 390. The van der Waals surface area contributed by atoms with Gasteiger partial charge in [-0.1, -0.05) is 19.1 Å². The maximum atomic E-state index is 9.66. The van der Waals surface area contributed by atoms with E-state index in [0.717, 1.165) is 32.4 Å². The monoisotopic (exact) mass is 276 g/mol. The predicted molar refractivity (Wildman–Crippen MR) is 85.2 cm³/mol. The lowest BCUT2D eigenvalue weighted by Crippen LogP contribution is -2.37. The molecule has 0 aromatic heterocycles. The number of aliphatic hydroxyl groups excluding tert-OH is 1. The lowest BCUT2D eigenvalue weighted by molar-refractivity contribution is 0.110. The van der Waals surface area contributed by atoms with E-state index in [-0.39, 0.29) is 6.10 Å². The maximum absolute atomic E-state index is 9.66. The van der Waals surface area contributed by atoms with Crippen LogP contribution in [0.2, 0.25) is 0 Å². The van der Waals surface area contributed by atoms with Crippen molar-refractivity contribution in [1.82, 2.24) is 5.32 Å². The first-order chi connectivity index (χ1) is 9.65. The average Bonchev–Trinajstić information content (AvgIpc) is 2.49. The fourth-order valence-electron chi connectivity index (χ4n) is 3.16. The van der Waals surface area contributed by atoms with E-state index in [1.165, 1.54) is 11.3 Å². The first-order valence-electron chi connectivity index (χ1n) is 7.86. The third-order valence-corrected chi connectivity index (χ3v) is 4.64. The third kappa shape index (κ3) is 3.53. The van der Waals surface area contributed by atoms with E-state index in [1.54, 1.807) is 0 Å². The summed E-state index contributed by atoms with van der Waals surface area (Å²) in [6.45, 7) is 6.23. The molecule has 2 N–H and O–H groups in total. The fourth-order valence-corrected chi connectivity index (χ4v) is 3.16. The smallest absolute Gasteiger partial charge is 0.0541 e. The molecule has 1 aromatic rings. The number of piperidine rings is 1. The average molecular weight is 276 g/mol. The van der Waals surface area contributed by atoms with Crippen molar-refractivity contribution in [3.05, 3.63) is 29.8 Å². The normalized spacial score (nSPS) is 19.9. The van der Waals surface area contributed by atoms with E-state index < -0.39 is 0 Å². The van der Waals surface area contributed by atoms with Gasteiger partial charge in [0.15, 0.2) is 0 Å². The van der Waals surface area contributed by atoms with Crippen molar-refractivity contribution >= 4 is 5.69 Å². The molecule has 0 radical (unpaired) electrons. The molecular weight excluding hydrogens is 248 g/mol. The minimum Gasteiger partial charge on any atom is -0.393 e. The molecule has 2 rings (SSSR count). The first-order valence-corrected chi connectivity index (χ1v) is 7.86. The molecule has 0 saturated carbocycles. The highest BCUT2D eigenvalue weighted by Crippen LogP contribution is 2.26. The van der Waals surface area contributed by atoms with E-state index >= 15 is 0 Å². The van der Waals surface area contributed by atoms with Crippen molar-refractivity contribution < 1.29 is 5.11 Å². The second kappa shape index (κ2) is 7.09. The van der Waals surface area contributed by atoms with Crippen LogP contribution in [0, 0.1) is 5.92 Å². The lowest BCUT2D eigenvalue weighted by Gasteiger charge is -2.35. The van der Waals surface area contributed by atoms with E-state index in [2.05, 4.69) is 41.4 Å². The molecule has 3 heteroatoms. The predicted octanol–water partition coefficient (Wildman–Crippen LogP) is 2.95. The molecule has 1 fully saturated rings. The van der Waals surface area contributed by atoms with Gasteiger partial charge in [0.05, 0.1) is 6.10 Å². The van der Waals surface area contributed by atoms with Crippen LogP contribution in [-0.2, 0) is 0 Å². The number of nitrogens with one attached hydrogen (secondary N) is 1. The topological polar surface area (TPSA) is 35.5 Å². The highest BCUT2D eigenvalue weighted by Gasteiger charge is 2.22. The lowest BCUT2D eigenvalue weighted by atomic mass is 9.92. The number of aliphatic hydroxyl groups is 1. The van der Waals surface area contributed by atoms with Crippen molar-refractivity contribution in [2.24, 2.45) is 5.92 Å². The molecule has 112 valence electrons. The number of nitrogens with zero attached hydrogens (tertiary/aromatic N) is 1. The van der Waals surface area contributed by atoms with Crippen LogP contribution >= 0.6 is 0 Å². The molecule has 3 nitrogen and oxygen atoms in total. The molecule has 1 aromatic carbocycles. The van der Waals surface area contributed by atoms with Gasteiger partial charge in [0.2, 0.25) is 0 Å². The van der Waals surface area contributed by atoms with Crippen molar-refractivity contribution in [2.75, 3.05) is 25.0 Å². The molecule has 0 bridgehead atoms. The van der Waals surface area contributed by atoms with Crippen LogP contribution in [0.15, 0.2) is 24.3 Å². The van der Waals surface area contributed by atoms with E-state index in [0.29, 0.717) is 12.0 Å². The molecule has 1 aliphatic rings. The summed E-state index contributed by atoms with van der Waals surface area (Å²) < 4.78 is 0. The van der Waals surface area contributed by atoms with Gasteiger partial charge in [-0.15, -0.1) is 0 Å². The van der Waals surface area contributed by atoms with Crippen LogP contribution in [0.1, 0.15) is 44.7 Å². The van der Waals surface area contributed by atoms with Crippen molar-refractivity contribution in [1.29, 1.82) is 0 Å². The van der Waals surface area contributed by atoms with Gasteiger partial charge in [0.25, 0.3) is 0 Å². The molecule has 1 aliphatic heterocycles. The van der Waals surface area contributed by atoms with Gasteiger partial charge in [-0.3, -0.25) is 0 Å². The molecule has 2 atom stereocenters. The molecule has 0 spiro atoms. The Morgan fingerprint density at radius 3 is 2.30 bits per heavy atom. The molecule has 2 unspecified atom stereocenters. The van der Waals surface area contributed by atoms with Gasteiger partial charge in [-0.25, -0.2) is 0 Å². The Morgan fingerprint density at radius 1 is 1.25 bits per heavy atom. The summed E-state index contributed by atoms with van der Waals surface area (Å²) >= 11 is 0. The molecule has 0 amide bonds. The minimum absolute atomic E-state index is 0.166. The van der Waals surface area contributed by atoms with Crippen molar-refractivity contribution in [3.8, 4) is 0 Å². The number of anilines is 1. The molecule has 1 saturated heterocycles. The van der Waals surface area contributed by atoms with Crippen LogP contribution in [0.4, 0.5) is 5.69 Å². The number of hydrogen-bond acceptors (Lipinski definition) is 3. The number of hydrogen-bond donors (Lipinski definition) is 2. The summed E-state index contributed by atoms with van der Waals surface area (Å²) in [7, 11) is 2.02. The summed E-state index contributed by atoms with van der Waals surface area (Å²) in [5.41, 5.74) is 2.67. The molecule has 20 heavy (non-hydrogen) atoms. The van der Waals surface area contributed by atoms with Gasteiger partial charge in [0, 0.05) is 24.8 Å². The maximum Gasteiger partial charge on any atom is 0.0541 e. The number of benzene rings is 1. The molecular formula is C17H28N2O. The second-order valence-electron chi connectivity index (χ2n) is 5.91. The zero-order valence-electron chi connectivity index (χ0n) is 13.0. The summed E-state index contributed by atoms with van der Waals surface area (Å²) in [6, 6.07) is 9.39. The third-order valence-electron chi connectivity index (χ3n) is 4.64.